The first-order chi connectivity index (χ1) is 12.1. The minimum atomic E-state index is 0.0332. The lowest BCUT2D eigenvalue weighted by molar-refractivity contribution is -0.121. The fourth-order valence-corrected chi connectivity index (χ4v) is 3.71. The second-order valence-corrected chi connectivity index (χ2v) is 7.19. The Hall–Kier alpha value is -1.99. The number of morpholine rings is 1. The maximum Gasteiger partial charge on any atom is 0.220 e. The lowest BCUT2D eigenvalue weighted by Gasteiger charge is -2.28. The molecule has 0 bridgehead atoms. The molecule has 0 aliphatic carbocycles. The second-order valence-electron chi connectivity index (χ2n) is 6.19. The zero-order valence-electron chi connectivity index (χ0n) is 14.7. The van der Waals surface area contributed by atoms with E-state index in [1.165, 1.54) is 10.4 Å². The van der Waals surface area contributed by atoms with Gasteiger partial charge in [-0.15, -0.1) is 11.3 Å². The van der Waals surface area contributed by atoms with E-state index in [1.807, 2.05) is 13.0 Å². The summed E-state index contributed by atoms with van der Waals surface area (Å²) in [6.07, 6.45) is 1.27. The van der Waals surface area contributed by atoms with Crippen molar-refractivity contribution in [1.82, 2.24) is 15.3 Å². The maximum absolute atomic E-state index is 12.1. The molecule has 0 unspecified atom stereocenters. The summed E-state index contributed by atoms with van der Waals surface area (Å²) in [5.41, 5.74) is 2.17. The number of anilines is 1. The topological polar surface area (TPSA) is 67.3 Å². The van der Waals surface area contributed by atoms with Gasteiger partial charge in [-0.2, -0.15) is 0 Å². The Balaban J connectivity index is 1.54. The Morgan fingerprint density at radius 1 is 1.32 bits per heavy atom. The predicted molar refractivity (Wildman–Crippen MR) is 99.0 cm³/mol. The van der Waals surface area contributed by atoms with Gasteiger partial charge in [-0.3, -0.25) is 4.79 Å². The van der Waals surface area contributed by atoms with E-state index >= 15 is 0 Å². The molecule has 3 heterocycles. The van der Waals surface area contributed by atoms with Crippen LogP contribution in [0.25, 0.3) is 0 Å². The molecule has 2 aromatic rings. The van der Waals surface area contributed by atoms with Crippen LogP contribution in [0.3, 0.4) is 0 Å². The maximum atomic E-state index is 12.1. The quantitative estimate of drug-likeness (QED) is 0.856. The molecule has 0 atom stereocenters. The molecule has 7 heteroatoms. The average molecular weight is 360 g/mol. The van der Waals surface area contributed by atoms with Gasteiger partial charge < -0.3 is 15.0 Å². The number of hydrogen-bond acceptors (Lipinski definition) is 6. The van der Waals surface area contributed by atoms with Crippen molar-refractivity contribution >= 4 is 23.1 Å². The molecule has 1 saturated heterocycles. The molecule has 1 aliphatic heterocycles. The second kappa shape index (κ2) is 8.40. The minimum absolute atomic E-state index is 0.0332. The van der Waals surface area contributed by atoms with Gasteiger partial charge in [0.1, 0.15) is 11.6 Å². The van der Waals surface area contributed by atoms with Crippen molar-refractivity contribution < 1.29 is 9.53 Å². The summed E-state index contributed by atoms with van der Waals surface area (Å²) in [7, 11) is 0. The predicted octanol–water partition coefficient (Wildman–Crippen LogP) is 2.24. The molecule has 0 aromatic carbocycles. The molecule has 1 fully saturated rings. The normalized spacial score (nSPS) is 14.6. The lowest BCUT2D eigenvalue weighted by Crippen LogP contribution is -2.37. The van der Waals surface area contributed by atoms with Crippen LogP contribution >= 0.6 is 11.3 Å². The Morgan fingerprint density at radius 2 is 2.12 bits per heavy atom. The SMILES string of the molecule is Cc1cc(N2CCOCC2)nc(CNC(=O)CCc2sccc2C)n1. The zero-order chi connectivity index (χ0) is 17.6. The highest BCUT2D eigenvalue weighted by atomic mass is 32.1. The summed E-state index contributed by atoms with van der Waals surface area (Å²) in [5.74, 6) is 1.60. The Kier molecular flexibility index (Phi) is 5.99. The summed E-state index contributed by atoms with van der Waals surface area (Å²) in [6, 6.07) is 4.07. The molecule has 1 aliphatic rings. The number of aryl methyl sites for hydroxylation is 3. The van der Waals surface area contributed by atoms with E-state index in [0.29, 0.717) is 18.8 Å². The summed E-state index contributed by atoms with van der Waals surface area (Å²) in [6.45, 7) is 7.51. The molecule has 0 radical (unpaired) electrons. The van der Waals surface area contributed by atoms with Crippen molar-refractivity contribution in [3.63, 3.8) is 0 Å². The number of hydrogen-bond donors (Lipinski definition) is 1. The van der Waals surface area contributed by atoms with Crippen molar-refractivity contribution in [3.8, 4) is 0 Å². The van der Waals surface area contributed by atoms with Crippen LogP contribution < -0.4 is 10.2 Å². The first-order valence-electron chi connectivity index (χ1n) is 8.59. The van der Waals surface area contributed by atoms with E-state index in [1.54, 1.807) is 11.3 Å². The fraction of sp³-hybridized carbons (Fsp3) is 0.500. The molecule has 1 N–H and O–H groups in total. The van der Waals surface area contributed by atoms with Gasteiger partial charge in [0.25, 0.3) is 0 Å². The molecule has 1 amide bonds. The van der Waals surface area contributed by atoms with Crippen LogP contribution in [0.15, 0.2) is 17.5 Å². The number of rotatable bonds is 6. The van der Waals surface area contributed by atoms with E-state index in [9.17, 15) is 4.79 Å². The zero-order valence-corrected chi connectivity index (χ0v) is 15.6. The monoisotopic (exact) mass is 360 g/mol. The third-order valence-electron chi connectivity index (χ3n) is 4.21. The molecule has 0 spiro atoms. The van der Waals surface area contributed by atoms with E-state index in [2.05, 4.69) is 38.6 Å². The Bertz CT molecular complexity index is 726. The molecular weight excluding hydrogens is 336 g/mol. The lowest BCUT2D eigenvalue weighted by atomic mass is 10.2. The number of nitrogens with one attached hydrogen (secondary N) is 1. The smallest absolute Gasteiger partial charge is 0.220 e. The average Bonchev–Trinajstić information content (AvgIpc) is 3.03. The molecule has 0 saturated carbocycles. The van der Waals surface area contributed by atoms with Crippen molar-refractivity contribution in [2.75, 3.05) is 31.2 Å². The molecule has 6 nitrogen and oxygen atoms in total. The van der Waals surface area contributed by atoms with Crippen LogP contribution in [-0.4, -0.2) is 42.2 Å². The van der Waals surface area contributed by atoms with Crippen molar-refractivity contribution in [1.29, 1.82) is 0 Å². The molecule has 25 heavy (non-hydrogen) atoms. The van der Waals surface area contributed by atoms with Crippen LogP contribution in [-0.2, 0) is 22.5 Å². The van der Waals surface area contributed by atoms with Gasteiger partial charge in [0.15, 0.2) is 0 Å². The summed E-state index contributed by atoms with van der Waals surface area (Å²) >= 11 is 1.71. The molecule has 3 rings (SSSR count). The van der Waals surface area contributed by atoms with E-state index in [4.69, 9.17) is 4.74 Å². The van der Waals surface area contributed by atoms with Crippen LogP contribution in [0.1, 0.15) is 28.4 Å². The highest BCUT2D eigenvalue weighted by molar-refractivity contribution is 7.10. The van der Waals surface area contributed by atoms with Crippen LogP contribution in [0, 0.1) is 13.8 Å². The van der Waals surface area contributed by atoms with Gasteiger partial charge >= 0.3 is 0 Å². The van der Waals surface area contributed by atoms with Gasteiger partial charge in [0, 0.05) is 36.1 Å². The number of carbonyl (C=O) groups is 1. The fourth-order valence-electron chi connectivity index (χ4n) is 2.80. The molecule has 134 valence electrons. The van der Waals surface area contributed by atoms with E-state index < -0.39 is 0 Å². The Morgan fingerprint density at radius 3 is 2.84 bits per heavy atom. The number of ether oxygens (including phenoxy) is 1. The number of carbonyl (C=O) groups excluding carboxylic acids is 1. The minimum Gasteiger partial charge on any atom is -0.378 e. The largest absolute Gasteiger partial charge is 0.378 e. The van der Waals surface area contributed by atoms with Gasteiger partial charge in [-0.25, -0.2) is 9.97 Å². The first-order valence-corrected chi connectivity index (χ1v) is 9.47. The van der Waals surface area contributed by atoms with Crippen molar-refractivity contribution in [2.24, 2.45) is 0 Å². The van der Waals surface area contributed by atoms with Gasteiger partial charge in [0.2, 0.25) is 5.91 Å². The number of aromatic nitrogens is 2. The third-order valence-corrected chi connectivity index (χ3v) is 5.30. The number of amides is 1. The van der Waals surface area contributed by atoms with Crippen LogP contribution in [0.5, 0.6) is 0 Å². The van der Waals surface area contributed by atoms with Gasteiger partial charge in [-0.05, 0) is 37.3 Å². The van der Waals surface area contributed by atoms with E-state index in [0.717, 1.165) is 44.2 Å². The summed E-state index contributed by atoms with van der Waals surface area (Å²) in [5, 5.41) is 5.00. The molecule has 2 aromatic heterocycles. The molecular formula is C18H24N4O2S. The first kappa shape index (κ1) is 17.8. The summed E-state index contributed by atoms with van der Waals surface area (Å²) < 4.78 is 5.39. The third kappa shape index (κ3) is 4.99. The summed E-state index contributed by atoms with van der Waals surface area (Å²) in [4.78, 5) is 24.6. The standard InChI is InChI=1S/C18H24N4O2S/c1-13-5-10-25-15(13)3-4-18(23)19-12-16-20-14(2)11-17(21-16)22-6-8-24-9-7-22/h5,10-11H,3-4,6-9,12H2,1-2H3,(H,19,23). The Labute approximate surface area is 152 Å². The van der Waals surface area contributed by atoms with Crippen molar-refractivity contribution in [3.05, 3.63) is 39.5 Å². The number of thiophene rings is 1. The highest BCUT2D eigenvalue weighted by Gasteiger charge is 2.14. The van der Waals surface area contributed by atoms with Gasteiger partial charge in [-0.1, -0.05) is 0 Å². The van der Waals surface area contributed by atoms with E-state index in [-0.39, 0.29) is 5.91 Å². The number of nitrogens with zero attached hydrogens (tertiary/aromatic N) is 3. The van der Waals surface area contributed by atoms with Crippen LogP contribution in [0.2, 0.25) is 0 Å². The van der Waals surface area contributed by atoms with Gasteiger partial charge in [0.05, 0.1) is 19.8 Å². The van der Waals surface area contributed by atoms with Crippen LogP contribution in [0.4, 0.5) is 5.82 Å². The highest BCUT2D eigenvalue weighted by Crippen LogP contribution is 2.17. The van der Waals surface area contributed by atoms with Crippen molar-refractivity contribution in [2.45, 2.75) is 33.2 Å².